The van der Waals surface area contributed by atoms with Crippen LogP contribution < -0.4 is 11.1 Å². The molecular weight excluding hydrogens is 168 g/mol. The van der Waals surface area contributed by atoms with Gasteiger partial charge in [0, 0.05) is 5.92 Å². The summed E-state index contributed by atoms with van der Waals surface area (Å²) in [7, 11) is 0. The summed E-state index contributed by atoms with van der Waals surface area (Å²) in [5.74, 6) is -0.00755. The zero-order valence-electron chi connectivity index (χ0n) is 8.59. The van der Waals surface area contributed by atoms with Crippen LogP contribution in [0.1, 0.15) is 33.6 Å². The molecule has 0 spiro atoms. The molecule has 0 aliphatic heterocycles. The molecule has 0 radical (unpaired) electrons. The molecule has 0 saturated heterocycles. The van der Waals surface area contributed by atoms with E-state index in [1.807, 2.05) is 20.8 Å². The Morgan fingerprint density at radius 3 is 2.23 bits per heavy atom. The lowest BCUT2D eigenvalue weighted by Gasteiger charge is -2.17. The number of hydrogen-bond acceptors (Lipinski definition) is 2. The molecule has 1 atom stereocenters. The third-order valence-electron chi connectivity index (χ3n) is 2.00. The average Bonchev–Trinajstić information content (AvgIpc) is 1.97. The maximum atomic E-state index is 11.4. The van der Waals surface area contributed by atoms with E-state index in [-0.39, 0.29) is 17.7 Å². The maximum absolute atomic E-state index is 11.4. The first kappa shape index (κ1) is 12.1. The van der Waals surface area contributed by atoms with E-state index in [1.165, 1.54) is 0 Å². The molecule has 0 aliphatic carbocycles. The Bertz CT molecular complexity index is 190. The predicted molar refractivity (Wildman–Crippen MR) is 49.7 cm³/mol. The quantitative estimate of drug-likeness (QED) is 0.674. The Hall–Kier alpha value is -0.900. The summed E-state index contributed by atoms with van der Waals surface area (Å²) in [6, 6.07) is -0.522. The van der Waals surface area contributed by atoms with Gasteiger partial charge in [0.2, 0.25) is 5.91 Å². The third-order valence-corrected chi connectivity index (χ3v) is 2.00. The van der Waals surface area contributed by atoms with Gasteiger partial charge in [0.1, 0.15) is 0 Å². The van der Waals surface area contributed by atoms with Gasteiger partial charge in [0.05, 0.1) is 0 Å². The summed E-state index contributed by atoms with van der Waals surface area (Å²) >= 11 is 0. The van der Waals surface area contributed by atoms with Crippen molar-refractivity contribution in [1.82, 2.24) is 5.32 Å². The predicted octanol–water partition coefficient (Wildman–Crippen LogP) is 0.537. The van der Waals surface area contributed by atoms with Gasteiger partial charge in [-0.3, -0.25) is 10.5 Å². The van der Waals surface area contributed by atoms with Crippen molar-refractivity contribution in [2.45, 2.75) is 33.6 Å². The molecule has 0 saturated carbocycles. The van der Waals surface area contributed by atoms with Gasteiger partial charge in [0.25, 0.3) is 0 Å². The number of imide groups is 1. The number of nitrogens with one attached hydrogen (secondary N) is 1. The molecule has 4 heteroatoms. The van der Waals surface area contributed by atoms with Gasteiger partial charge in [-0.15, -0.1) is 0 Å². The highest BCUT2D eigenvalue weighted by atomic mass is 16.2. The zero-order chi connectivity index (χ0) is 10.4. The maximum Gasteiger partial charge on any atom is 0.418 e. The number of amides is 3. The first-order valence-corrected chi connectivity index (χ1v) is 4.65. The van der Waals surface area contributed by atoms with Crippen LogP contribution in [0.5, 0.6) is 0 Å². The summed E-state index contributed by atoms with van der Waals surface area (Å²) in [5, 5.41) is 2.22. The summed E-state index contributed by atoms with van der Waals surface area (Å²) in [6.07, 6.45) is 1.76. The van der Waals surface area contributed by atoms with Crippen molar-refractivity contribution in [2.24, 2.45) is 11.8 Å². The highest BCUT2D eigenvalue weighted by Crippen LogP contribution is 2.16. The first-order chi connectivity index (χ1) is 5.99. The number of hydrogen-bond donors (Lipinski definition) is 2. The lowest BCUT2D eigenvalue weighted by Crippen LogP contribution is -2.64. The van der Waals surface area contributed by atoms with Crippen molar-refractivity contribution >= 4 is 11.9 Å². The van der Waals surface area contributed by atoms with Gasteiger partial charge in [-0.2, -0.15) is 0 Å². The molecule has 0 bridgehead atoms. The van der Waals surface area contributed by atoms with Crippen molar-refractivity contribution in [3.05, 3.63) is 0 Å². The molecule has 3 amide bonds. The normalized spacial score (nSPS) is 12.7. The van der Waals surface area contributed by atoms with Crippen molar-refractivity contribution in [1.29, 1.82) is 0 Å². The molecule has 4 N–H and O–H groups in total. The summed E-state index contributed by atoms with van der Waals surface area (Å²) in [5.41, 5.74) is 3.11. The second-order valence-corrected chi connectivity index (χ2v) is 3.55. The van der Waals surface area contributed by atoms with E-state index in [0.717, 1.165) is 12.8 Å². The Morgan fingerprint density at radius 1 is 1.38 bits per heavy atom. The van der Waals surface area contributed by atoms with Crippen LogP contribution in [0.2, 0.25) is 0 Å². The highest BCUT2D eigenvalue weighted by Gasteiger charge is 2.22. The Labute approximate surface area is 78.9 Å². The number of carbonyl (C=O) groups is 2. The second-order valence-electron chi connectivity index (χ2n) is 3.55. The highest BCUT2D eigenvalue weighted by molar-refractivity contribution is 5.91. The molecular formula is C9H19N2O2+. The molecule has 0 aromatic carbocycles. The lowest BCUT2D eigenvalue weighted by molar-refractivity contribution is -0.250. The minimum Gasteiger partial charge on any atom is -0.274 e. The Morgan fingerprint density at radius 2 is 1.92 bits per heavy atom. The van der Waals surface area contributed by atoms with Crippen LogP contribution in [0.3, 0.4) is 0 Å². The molecule has 0 rings (SSSR count). The van der Waals surface area contributed by atoms with E-state index in [1.54, 1.807) is 0 Å². The van der Waals surface area contributed by atoms with Gasteiger partial charge < -0.3 is 0 Å². The van der Waals surface area contributed by atoms with Crippen molar-refractivity contribution < 1.29 is 15.3 Å². The largest absolute Gasteiger partial charge is 0.418 e. The number of carbonyl (C=O) groups excluding carboxylic acids is 2. The van der Waals surface area contributed by atoms with Gasteiger partial charge in [-0.25, -0.2) is 10.1 Å². The SMILES string of the molecule is CCCC(C(=O)NC([NH3+])=O)C(C)C. The van der Waals surface area contributed by atoms with Gasteiger partial charge in [0.15, 0.2) is 0 Å². The zero-order valence-corrected chi connectivity index (χ0v) is 8.59. The van der Waals surface area contributed by atoms with Crippen LogP contribution in [0.4, 0.5) is 4.79 Å². The van der Waals surface area contributed by atoms with Crippen LogP contribution in [0.25, 0.3) is 0 Å². The van der Waals surface area contributed by atoms with Gasteiger partial charge in [-0.1, -0.05) is 27.2 Å². The molecule has 76 valence electrons. The second kappa shape index (κ2) is 5.70. The third kappa shape index (κ3) is 4.62. The van der Waals surface area contributed by atoms with Crippen LogP contribution in [0.15, 0.2) is 0 Å². The Kier molecular flexibility index (Phi) is 5.30. The lowest BCUT2D eigenvalue weighted by atomic mass is 9.91. The van der Waals surface area contributed by atoms with Crippen molar-refractivity contribution in [3.63, 3.8) is 0 Å². The van der Waals surface area contributed by atoms with Crippen molar-refractivity contribution in [3.8, 4) is 0 Å². The van der Waals surface area contributed by atoms with E-state index in [2.05, 4.69) is 11.1 Å². The summed E-state index contributed by atoms with van der Waals surface area (Å²) < 4.78 is 0. The fourth-order valence-corrected chi connectivity index (χ4v) is 1.31. The molecule has 1 unspecified atom stereocenters. The molecule has 0 heterocycles. The minimum absolute atomic E-state index is 0.0734. The van der Waals surface area contributed by atoms with E-state index < -0.39 is 6.03 Å². The smallest absolute Gasteiger partial charge is 0.274 e. The van der Waals surface area contributed by atoms with Gasteiger partial charge in [-0.05, 0) is 12.3 Å². The standard InChI is InChI=1S/C9H18N2O2/c1-4-5-7(6(2)3)8(12)11-9(10)13/h6-7H,4-5H2,1-3H3,(H3,10,11,12,13)/p+1. The average molecular weight is 187 g/mol. The molecule has 0 aliphatic rings. The molecule has 13 heavy (non-hydrogen) atoms. The van der Waals surface area contributed by atoms with Crippen LogP contribution in [-0.2, 0) is 4.79 Å². The molecule has 0 fully saturated rings. The summed E-state index contributed by atoms with van der Waals surface area (Å²) in [6.45, 7) is 5.98. The molecule has 4 nitrogen and oxygen atoms in total. The van der Waals surface area contributed by atoms with E-state index in [9.17, 15) is 9.59 Å². The Balaban J connectivity index is 4.19. The van der Waals surface area contributed by atoms with E-state index in [0.29, 0.717) is 0 Å². The number of quaternary nitrogens is 1. The van der Waals surface area contributed by atoms with Crippen LogP contribution in [-0.4, -0.2) is 11.9 Å². The fraction of sp³-hybridized carbons (Fsp3) is 0.778. The van der Waals surface area contributed by atoms with Gasteiger partial charge >= 0.3 is 6.03 Å². The van der Waals surface area contributed by atoms with Crippen molar-refractivity contribution in [2.75, 3.05) is 0 Å². The topological polar surface area (TPSA) is 73.8 Å². The first-order valence-electron chi connectivity index (χ1n) is 4.65. The monoisotopic (exact) mass is 187 g/mol. The molecule has 0 aromatic heterocycles. The van der Waals surface area contributed by atoms with Crippen LogP contribution in [0, 0.1) is 11.8 Å². The van der Waals surface area contributed by atoms with Crippen LogP contribution >= 0.6 is 0 Å². The summed E-state index contributed by atoms with van der Waals surface area (Å²) in [4.78, 5) is 22.0. The fourth-order valence-electron chi connectivity index (χ4n) is 1.31. The number of urea groups is 1. The van der Waals surface area contributed by atoms with E-state index in [4.69, 9.17) is 0 Å². The number of rotatable bonds is 4. The minimum atomic E-state index is -0.522. The molecule has 0 aromatic rings. The van der Waals surface area contributed by atoms with E-state index >= 15 is 0 Å².